The molecule has 1 atom stereocenters. The van der Waals surface area contributed by atoms with E-state index in [2.05, 4.69) is 37.8 Å². The van der Waals surface area contributed by atoms with Crippen LogP contribution in [0, 0.1) is 6.92 Å². The molecule has 0 aliphatic rings. The van der Waals surface area contributed by atoms with Gasteiger partial charge in [0.1, 0.15) is 18.1 Å². The molecule has 4 N–H and O–H groups in total. The molecule has 0 fully saturated rings. The van der Waals surface area contributed by atoms with Crippen LogP contribution in [0.25, 0.3) is 32.7 Å². The van der Waals surface area contributed by atoms with Crippen LogP contribution in [0.3, 0.4) is 0 Å². The summed E-state index contributed by atoms with van der Waals surface area (Å²) in [4.78, 5) is 24.5. The van der Waals surface area contributed by atoms with Crippen LogP contribution < -0.4 is 25.4 Å². The van der Waals surface area contributed by atoms with Crippen LogP contribution in [0.5, 0.6) is 11.5 Å². The van der Waals surface area contributed by atoms with E-state index in [1.165, 1.54) is 0 Å². The zero-order valence-corrected chi connectivity index (χ0v) is 22.5. The van der Waals surface area contributed by atoms with Gasteiger partial charge in [0.15, 0.2) is 0 Å². The third-order valence-electron chi connectivity index (χ3n) is 6.75. The normalized spacial score (nSPS) is 12.0. The summed E-state index contributed by atoms with van der Waals surface area (Å²) in [5.74, 6) is 1.55. The van der Waals surface area contributed by atoms with E-state index in [0.717, 1.165) is 68.4 Å². The highest BCUT2D eigenvalue weighted by atomic mass is 16.5. The van der Waals surface area contributed by atoms with Crippen molar-refractivity contribution >= 4 is 44.4 Å². The molecule has 5 rings (SSSR count). The Morgan fingerprint density at radius 2 is 1.87 bits per heavy atom. The Kier molecular flexibility index (Phi) is 7.96. The number of H-pyrrole nitrogens is 1. The number of methoxy groups -OCH3 is 1. The fourth-order valence-corrected chi connectivity index (χ4v) is 4.76. The molecular formula is C30H34N6O3. The van der Waals surface area contributed by atoms with Crippen molar-refractivity contribution in [2.45, 2.75) is 32.7 Å². The first-order valence-electron chi connectivity index (χ1n) is 13.2. The van der Waals surface area contributed by atoms with Crippen LogP contribution in [0.2, 0.25) is 0 Å². The number of fused-ring (bicyclic) bond motifs is 4. The Labute approximate surface area is 227 Å². The monoisotopic (exact) mass is 526 g/mol. The number of nitrogens with zero attached hydrogens (tertiary/aromatic N) is 2. The summed E-state index contributed by atoms with van der Waals surface area (Å²) in [5, 5.41) is 12.6. The first-order valence-corrected chi connectivity index (χ1v) is 13.2. The highest BCUT2D eigenvalue weighted by Crippen LogP contribution is 2.30. The van der Waals surface area contributed by atoms with Gasteiger partial charge in [0, 0.05) is 52.7 Å². The Bertz CT molecular complexity index is 1600. The van der Waals surface area contributed by atoms with Crippen molar-refractivity contribution in [3.8, 4) is 11.5 Å². The van der Waals surface area contributed by atoms with E-state index in [0.29, 0.717) is 19.7 Å². The number of hydrogen-bond acceptors (Lipinski definition) is 6. The van der Waals surface area contributed by atoms with Gasteiger partial charge in [0.2, 0.25) is 0 Å². The Balaban J connectivity index is 1.02. The number of aromatic amines is 1. The van der Waals surface area contributed by atoms with Gasteiger partial charge in [-0.25, -0.2) is 4.79 Å². The topological polar surface area (TPSA) is 113 Å². The van der Waals surface area contributed by atoms with Gasteiger partial charge in [-0.05, 0) is 63.1 Å². The SMILES string of the molecule is COc1cc(NC(C)CCCNC(=O)NCCOc2ccc3[nH]c4c(C)nccc4c3c2)c2ncccc2c1. The van der Waals surface area contributed by atoms with Crippen LogP contribution in [0.4, 0.5) is 10.5 Å². The van der Waals surface area contributed by atoms with E-state index in [9.17, 15) is 4.79 Å². The Hall–Kier alpha value is -4.53. The van der Waals surface area contributed by atoms with Crippen LogP contribution in [-0.2, 0) is 0 Å². The van der Waals surface area contributed by atoms with Crippen molar-refractivity contribution < 1.29 is 14.3 Å². The summed E-state index contributed by atoms with van der Waals surface area (Å²) in [6.07, 6.45) is 5.34. The van der Waals surface area contributed by atoms with Gasteiger partial charge in [0.25, 0.3) is 0 Å². The molecule has 39 heavy (non-hydrogen) atoms. The molecule has 0 spiro atoms. The number of aryl methyl sites for hydroxylation is 1. The summed E-state index contributed by atoms with van der Waals surface area (Å²) in [7, 11) is 1.66. The number of hydrogen-bond donors (Lipinski definition) is 4. The number of carbonyl (C=O) groups excluding carboxylic acids is 1. The van der Waals surface area contributed by atoms with E-state index in [4.69, 9.17) is 9.47 Å². The lowest BCUT2D eigenvalue weighted by Crippen LogP contribution is -2.38. The number of nitrogens with one attached hydrogen (secondary N) is 4. The quantitative estimate of drug-likeness (QED) is 0.168. The predicted molar refractivity (Wildman–Crippen MR) is 156 cm³/mol. The number of aromatic nitrogens is 3. The van der Waals surface area contributed by atoms with Crippen LogP contribution in [0.1, 0.15) is 25.5 Å². The summed E-state index contributed by atoms with van der Waals surface area (Å²) >= 11 is 0. The van der Waals surface area contributed by atoms with E-state index in [1.807, 2.05) is 61.7 Å². The molecule has 0 bridgehead atoms. The number of carbonyl (C=O) groups is 1. The van der Waals surface area contributed by atoms with Crippen LogP contribution in [0.15, 0.2) is 60.9 Å². The third-order valence-corrected chi connectivity index (χ3v) is 6.75. The van der Waals surface area contributed by atoms with Crippen LogP contribution in [-0.4, -0.2) is 53.8 Å². The fraction of sp³-hybridized carbons (Fsp3) is 0.300. The average Bonchev–Trinajstić information content (AvgIpc) is 3.33. The van der Waals surface area contributed by atoms with Crippen molar-refractivity contribution in [3.63, 3.8) is 0 Å². The van der Waals surface area contributed by atoms with E-state index < -0.39 is 0 Å². The van der Waals surface area contributed by atoms with E-state index in [1.54, 1.807) is 13.3 Å². The summed E-state index contributed by atoms with van der Waals surface area (Å²) in [6.45, 7) is 5.49. The van der Waals surface area contributed by atoms with Gasteiger partial charge in [-0.3, -0.25) is 9.97 Å². The van der Waals surface area contributed by atoms with Gasteiger partial charge in [-0.1, -0.05) is 6.07 Å². The first-order chi connectivity index (χ1) is 19.0. The van der Waals surface area contributed by atoms with Crippen molar-refractivity contribution in [3.05, 3.63) is 66.6 Å². The molecule has 9 nitrogen and oxygen atoms in total. The van der Waals surface area contributed by atoms with E-state index >= 15 is 0 Å². The molecule has 2 aromatic carbocycles. The highest BCUT2D eigenvalue weighted by Gasteiger charge is 2.10. The second kappa shape index (κ2) is 11.9. The van der Waals surface area contributed by atoms with Gasteiger partial charge in [0.05, 0.1) is 36.1 Å². The molecule has 5 aromatic rings. The van der Waals surface area contributed by atoms with Gasteiger partial charge >= 0.3 is 6.03 Å². The molecule has 202 valence electrons. The average molecular weight is 527 g/mol. The summed E-state index contributed by atoms with van der Waals surface area (Å²) < 4.78 is 11.3. The zero-order chi connectivity index (χ0) is 27.2. The Morgan fingerprint density at radius 3 is 2.74 bits per heavy atom. The van der Waals surface area contributed by atoms with Crippen molar-refractivity contribution in [2.24, 2.45) is 0 Å². The number of amides is 2. The number of rotatable bonds is 11. The van der Waals surface area contributed by atoms with Crippen molar-refractivity contribution in [1.82, 2.24) is 25.6 Å². The lowest BCUT2D eigenvalue weighted by molar-refractivity contribution is 0.236. The third kappa shape index (κ3) is 6.14. The largest absolute Gasteiger partial charge is 0.497 e. The number of benzene rings is 2. The molecule has 9 heteroatoms. The number of urea groups is 1. The number of anilines is 1. The lowest BCUT2D eigenvalue weighted by atomic mass is 10.1. The number of pyridine rings is 2. The molecule has 0 saturated carbocycles. The first kappa shape index (κ1) is 26.1. The number of ether oxygens (including phenoxy) is 2. The molecule has 0 radical (unpaired) electrons. The van der Waals surface area contributed by atoms with Crippen molar-refractivity contribution in [2.75, 3.05) is 32.1 Å². The van der Waals surface area contributed by atoms with E-state index in [-0.39, 0.29) is 12.1 Å². The predicted octanol–water partition coefficient (Wildman–Crippen LogP) is 5.54. The minimum atomic E-state index is -0.197. The summed E-state index contributed by atoms with van der Waals surface area (Å²) in [6, 6.07) is 15.9. The lowest BCUT2D eigenvalue weighted by Gasteiger charge is -2.17. The smallest absolute Gasteiger partial charge is 0.314 e. The minimum Gasteiger partial charge on any atom is -0.497 e. The second-order valence-corrected chi connectivity index (χ2v) is 9.62. The molecule has 3 aromatic heterocycles. The zero-order valence-electron chi connectivity index (χ0n) is 22.5. The second-order valence-electron chi connectivity index (χ2n) is 9.62. The maximum Gasteiger partial charge on any atom is 0.314 e. The molecular weight excluding hydrogens is 492 g/mol. The molecule has 2 amide bonds. The maximum atomic E-state index is 12.2. The fourth-order valence-electron chi connectivity index (χ4n) is 4.76. The summed E-state index contributed by atoms with van der Waals surface area (Å²) in [5.41, 5.74) is 4.91. The van der Waals surface area contributed by atoms with Crippen molar-refractivity contribution in [1.29, 1.82) is 0 Å². The van der Waals surface area contributed by atoms with Gasteiger partial charge < -0.3 is 30.4 Å². The molecule has 1 unspecified atom stereocenters. The standard InChI is InChI=1S/C30H34N6O3/c1-19(35-27-18-23(38-3)16-21-7-5-11-32-29(21)27)6-4-12-33-30(37)34-14-15-39-22-8-9-26-25(17-22)24-10-13-31-20(2)28(24)36-26/h5,7-11,13,16-19,35-36H,4,6,12,14-15H2,1-3H3,(H2,33,34,37). The van der Waals surface area contributed by atoms with Crippen LogP contribution >= 0.6 is 0 Å². The highest BCUT2D eigenvalue weighted by molar-refractivity contribution is 6.08. The van der Waals surface area contributed by atoms with Gasteiger partial charge in [-0.2, -0.15) is 0 Å². The Morgan fingerprint density at radius 1 is 1.00 bits per heavy atom. The molecule has 0 aliphatic carbocycles. The minimum absolute atomic E-state index is 0.197. The van der Waals surface area contributed by atoms with Gasteiger partial charge in [-0.15, -0.1) is 0 Å². The molecule has 3 heterocycles. The molecule has 0 aliphatic heterocycles. The molecule has 0 saturated heterocycles. The maximum absolute atomic E-state index is 12.2.